The van der Waals surface area contributed by atoms with Crippen LogP contribution in [0.25, 0.3) is 0 Å². The summed E-state index contributed by atoms with van der Waals surface area (Å²) < 4.78 is 10.3. The van der Waals surface area contributed by atoms with Crippen molar-refractivity contribution in [2.75, 3.05) is 20.3 Å². The van der Waals surface area contributed by atoms with Gasteiger partial charge in [-0.05, 0) is 30.5 Å². The normalized spacial score (nSPS) is 27.9. The van der Waals surface area contributed by atoms with Crippen LogP contribution in [-0.4, -0.2) is 43.3 Å². The Bertz CT molecular complexity index is 544. The standard InChI is InChI=1S/C16H19ClO5/c1-21-10-15(9-18)6-7-16(14(15)20,22-11-19)8-12-2-4-13(17)5-3-12/h2-5,11,18H,6-10H2,1H3. The van der Waals surface area contributed by atoms with Crippen LogP contribution in [-0.2, 0) is 25.5 Å². The lowest BCUT2D eigenvalue weighted by molar-refractivity contribution is -0.159. The van der Waals surface area contributed by atoms with Gasteiger partial charge in [0.1, 0.15) is 0 Å². The topological polar surface area (TPSA) is 72.8 Å². The van der Waals surface area contributed by atoms with Crippen molar-refractivity contribution < 1.29 is 24.2 Å². The molecule has 2 unspecified atom stereocenters. The third-order valence-electron chi connectivity index (χ3n) is 4.30. The quantitative estimate of drug-likeness (QED) is 0.773. The van der Waals surface area contributed by atoms with Gasteiger partial charge >= 0.3 is 0 Å². The molecule has 6 heteroatoms. The van der Waals surface area contributed by atoms with Crippen molar-refractivity contribution in [2.45, 2.75) is 24.9 Å². The average molecular weight is 327 g/mol. The molecule has 120 valence electrons. The monoisotopic (exact) mass is 326 g/mol. The average Bonchev–Trinajstić information content (AvgIpc) is 2.77. The van der Waals surface area contributed by atoms with E-state index in [1.54, 1.807) is 24.3 Å². The molecule has 0 amide bonds. The van der Waals surface area contributed by atoms with Gasteiger partial charge in [-0.1, -0.05) is 23.7 Å². The molecule has 1 saturated carbocycles. The van der Waals surface area contributed by atoms with Gasteiger partial charge in [-0.3, -0.25) is 9.59 Å². The molecule has 1 aromatic rings. The number of hydrogen-bond acceptors (Lipinski definition) is 5. The molecule has 2 atom stereocenters. The van der Waals surface area contributed by atoms with Crippen LogP contribution in [0.1, 0.15) is 18.4 Å². The number of ether oxygens (including phenoxy) is 2. The highest BCUT2D eigenvalue weighted by molar-refractivity contribution is 6.30. The molecule has 22 heavy (non-hydrogen) atoms. The summed E-state index contributed by atoms with van der Waals surface area (Å²) in [5, 5.41) is 10.3. The van der Waals surface area contributed by atoms with Crippen molar-refractivity contribution >= 4 is 23.9 Å². The highest BCUT2D eigenvalue weighted by Crippen LogP contribution is 2.44. The van der Waals surface area contributed by atoms with Crippen molar-refractivity contribution in [3.05, 3.63) is 34.9 Å². The SMILES string of the molecule is COCC1(CO)CCC(Cc2ccc(Cl)cc2)(OC=O)C1=O. The first-order valence-electron chi connectivity index (χ1n) is 7.02. The first-order valence-corrected chi connectivity index (χ1v) is 7.40. The Balaban J connectivity index is 2.31. The fraction of sp³-hybridized carbons (Fsp3) is 0.500. The van der Waals surface area contributed by atoms with E-state index in [2.05, 4.69) is 0 Å². The van der Waals surface area contributed by atoms with Crippen molar-refractivity contribution in [3.8, 4) is 0 Å². The number of rotatable bonds is 7. The van der Waals surface area contributed by atoms with Crippen LogP contribution in [0.15, 0.2) is 24.3 Å². The predicted molar refractivity (Wildman–Crippen MR) is 80.7 cm³/mol. The maximum atomic E-state index is 12.9. The summed E-state index contributed by atoms with van der Waals surface area (Å²) in [7, 11) is 1.48. The number of ketones is 1. The molecule has 1 aromatic carbocycles. The molecule has 0 spiro atoms. The molecule has 1 aliphatic carbocycles. The molecule has 0 saturated heterocycles. The van der Waals surface area contributed by atoms with E-state index in [4.69, 9.17) is 21.1 Å². The van der Waals surface area contributed by atoms with Gasteiger partial charge in [-0.15, -0.1) is 0 Å². The van der Waals surface area contributed by atoms with Crippen molar-refractivity contribution in [1.29, 1.82) is 0 Å². The van der Waals surface area contributed by atoms with Gasteiger partial charge in [-0.2, -0.15) is 0 Å². The Labute approximate surface area is 134 Å². The number of aliphatic hydroxyl groups is 1. The smallest absolute Gasteiger partial charge is 0.294 e. The number of methoxy groups -OCH3 is 1. The summed E-state index contributed by atoms with van der Waals surface area (Å²) in [6.45, 7) is 0.0747. The second-order valence-electron chi connectivity index (χ2n) is 5.71. The van der Waals surface area contributed by atoms with Gasteiger partial charge < -0.3 is 14.6 Å². The summed E-state index contributed by atoms with van der Waals surface area (Å²) >= 11 is 5.86. The van der Waals surface area contributed by atoms with Gasteiger partial charge in [0.05, 0.1) is 18.6 Å². The zero-order valence-corrected chi connectivity index (χ0v) is 13.1. The minimum absolute atomic E-state index is 0.104. The zero-order chi connectivity index (χ0) is 16.2. The summed E-state index contributed by atoms with van der Waals surface area (Å²) in [5.41, 5.74) is -1.42. The van der Waals surface area contributed by atoms with E-state index >= 15 is 0 Å². The maximum Gasteiger partial charge on any atom is 0.294 e. The lowest BCUT2D eigenvalue weighted by Crippen LogP contribution is -2.47. The third-order valence-corrected chi connectivity index (χ3v) is 4.55. The number of benzene rings is 1. The summed E-state index contributed by atoms with van der Waals surface area (Å²) in [5.74, 6) is -0.286. The Hall–Kier alpha value is -1.43. The molecule has 1 fully saturated rings. The van der Waals surface area contributed by atoms with Crippen molar-refractivity contribution in [2.24, 2.45) is 5.41 Å². The predicted octanol–water partition coefficient (Wildman–Crippen LogP) is 1.78. The van der Waals surface area contributed by atoms with Crippen LogP contribution in [0.2, 0.25) is 5.02 Å². The Kier molecular flexibility index (Phi) is 5.21. The number of hydrogen-bond donors (Lipinski definition) is 1. The van der Waals surface area contributed by atoms with E-state index in [1.165, 1.54) is 7.11 Å². The molecule has 1 aliphatic rings. The van der Waals surface area contributed by atoms with E-state index in [0.29, 0.717) is 24.3 Å². The first-order chi connectivity index (χ1) is 10.5. The molecular weight excluding hydrogens is 308 g/mol. The second-order valence-corrected chi connectivity index (χ2v) is 6.15. The highest BCUT2D eigenvalue weighted by atomic mass is 35.5. The molecular formula is C16H19ClO5. The van der Waals surface area contributed by atoms with Gasteiger partial charge in [0, 0.05) is 18.6 Å². The van der Waals surface area contributed by atoms with Gasteiger partial charge in [0.25, 0.3) is 6.47 Å². The summed E-state index contributed by atoms with van der Waals surface area (Å²) in [4.78, 5) is 23.8. The summed E-state index contributed by atoms with van der Waals surface area (Å²) in [6, 6.07) is 7.03. The zero-order valence-electron chi connectivity index (χ0n) is 12.4. The fourth-order valence-electron chi connectivity index (χ4n) is 3.11. The van der Waals surface area contributed by atoms with Gasteiger partial charge in [0.2, 0.25) is 0 Å². The fourth-order valence-corrected chi connectivity index (χ4v) is 3.23. The van der Waals surface area contributed by atoms with Crippen molar-refractivity contribution in [3.63, 3.8) is 0 Å². The third kappa shape index (κ3) is 3.02. The lowest BCUT2D eigenvalue weighted by Gasteiger charge is -2.30. The van der Waals surface area contributed by atoms with Crippen LogP contribution in [0.4, 0.5) is 0 Å². The molecule has 0 aromatic heterocycles. The van der Waals surface area contributed by atoms with E-state index in [1.807, 2.05) is 0 Å². The van der Waals surface area contributed by atoms with E-state index in [9.17, 15) is 14.7 Å². The first kappa shape index (κ1) is 16.9. The Morgan fingerprint density at radius 3 is 2.55 bits per heavy atom. The highest BCUT2D eigenvalue weighted by Gasteiger charge is 2.58. The number of Topliss-reactive ketones (excluding diaryl/α,β-unsaturated/α-hetero) is 1. The molecule has 2 rings (SSSR count). The van der Waals surface area contributed by atoms with Crippen molar-refractivity contribution in [1.82, 2.24) is 0 Å². The number of carbonyl (C=O) groups excluding carboxylic acids is 2. The van der Waals surface area contributed by atoms with Crippen LogP contribution >= 0.6 is 11.6 Å². The van der Waals surface area contributed by atoms with Crippen LogP contribution in [0.3, 0.4) is 0 Å². The van der Waals surface area contributed by atoms with Gasteiger partial charge in [0.15, 0.2) is 11.4 Å². The minimum Gasteiger partial charge on any atom is -0.453 e. The Morgan fingerprint density at radius 2 is 2.00 bits per heavy atom. The van der Waals surface area contributed by atoms with E-state index in [-0.39, 0.29) is 25.4 Å². The number of carbonyl (C=O) groups is 2. The second kappa shape index (κ2) is 6.77. The van der Waals surface area contributed by atoms with Crippen LogP contribution < -0.4 is 0 Å². The molecule has 0 aliphatic heterocycles. The molecule has 0 radical (unpaired) electrons. The van der Waals surface area contributed by atoms with E-state index < -0.39 is 11.0 Å². The molecule has 5 nitrogen and oxygen atoms in total. The maximum absolute atomic E-state index is 12.9. The largest absolute Gasteiger partial charge is 0.453 e. The van der Waals surface area contributed by atoms with Gasteiger partial charge in [-0.25, -0.2) is 0 Å². The molecule has 0 heterocycles. The lowest BCUT2D eigenvalue weighted by atomic mass is 9.82. The molecule has 1 N–H and O–H groups in total. The minimum atomic E-state index is -1.25. The number of halogens is 1. The van der Waals surface area contributed by atoms with Crippen LogP contribution in [0, 0.1) is 5.41 Å². The summed E-state index contributed by atoms with van der Waals surface area (Å²) in [6.07, 6.45) is 1.03. The van der Waals surface area contributed by atoms with E-state index in [0.717, 1.165) is 5.56 Å². The molecule has 0 bridgehead atoms. The van der Waals surface area contributed by atoms with Crippen LogP contribution in [0.5, 0.6) is 0 Å². The Morgan fingerprint density at radius 1 is 1.32 bits per heavy atom. The number of aliphatic hydroxyl groups excluding tert-OH is 1.